The Kier molecular flexibility index (Phi) is 5.01. The van der Waals surface area contributed by atoms with Crippen LogP contribution in [-0.4, -0.2) is 54.2 Å². The monoisotopic (exact) mass is 453 g/mol. The van der Waals surface area contributed by atoms with Crippen molar-refractivity contribution in [1.29, 1.82) is 0 Å². The molecular weight excluding hydrogens is 430 g/mol. The number of ether oxygens (including phenoxy) is 4. The second-order valence-corrected chi connectivity index (χ2v) is 7.85. The molecule has 5 rings (SSSR count). The Hall–Kier alpha value is -3.92. The van der Waals surface area contributed by atoms with Crippen molar-refractivity contribution in [1.82, 2.24) is 14.5 Å². The zero-order valence-electron chi connectivity index (χ0n) is 18.4. The number of hydrogen-bond donors (Lipinski definition) is 2. The van der Waals surface area contributed by atoms with E-state index in [0.717, 1.165) is 10.1 Å². The number of nitrogens with zero attached hydrogens (tertiary/aromatic N) is 2. The first-order valence-electron chi connectivity index (χ1n) is 10.4. The highest BCUT2D eigenvalue weighted by molar-refractivity contribution is 5.63. The molecule has 172 valence electrons. The highest BCUT2D eigenvalue weighted by Gasteiger charge is 2.38. The van der Waals surface area contributed by atoms with Crippen LogP contribution in [0.4, 0.5) is 0 Å². The summed E-state index contributed by atoms with van der Waals surface area (Å²) in [7, 11) is 4.82. The molecule has 0 radical (unpaired) electrons. The largest absolute Gasteiger partial charge is 0.495 e. The summed E-state index contributed by atoms with van der Waals surface area (Å²) >= 11 is 0. The molecule has 0 saturated carbocycles. The van der Waals surface area contributed by atoms with E-state index in [9.17, 15) is 14.7 Å². The van der Waals surface area contributed by atoms with Crippen LogP contribution in [0.25, 0.3) is 5.69 Å². The van der Waals surface area contributed by atoms with Gasteiger partial charge in [0.2, 0.25) is 18.4 Å². The Bertz CT molecular complexity index is 1360. The van der Waals surface area contributed by atoms with Crippen molar-refractivity contribution in [3.8, 4) is 34.6 Å². The van der Waals surface area contributed by atoms with E-state index >= 15 is 0 Å². The van der Waals surface area contributed by atoms with E-state index in [-0.39, 0.29) is 12.4 Å². The lowest BCUT2D eigenvalue weighted by Crippen LogP contribution is -2.39. The van der Waals surface area contributed by atoms with E-state index in [1.165, 1.54) is 14.2 Å². The number of aromatic nitrogens is 2. The Morgan fingerprint density at radius 1 is 1.12 bits per heavy atom. The summed E-state index contributed by atoms with van der Waals surface area (Å²) in [4.78, 5) is 30.2. The van der Waals surface area contributed by atoms with Gasteiger partial charge in [0.1, 0.15) is 5.75 Å². The molecule has 0 saturated heterocycles. The minimum atomic E-state index is -0.776. The fourth-order valence-corrected chi connectivity index (χ4v) is 4.62. The number of H-pyrrole nitrogens is 1. The standard InChI is InChI=1S/C23H23N3O7/c1-25-9-8-12-10-15-19(33-11-32-15)20(31-3)16(12)18(25)17-21(27)24-23(29)26(22(17)28)13-6-4-5-7-14(13)30-2/h4-7,10,18,28H,8-9,11H2,1-3H3,(H,24,27,29)/t18-/m1/s1. The molecule has 2 N–H and O–H groups in total. The summed E-state index contributed by atoms with van der Waals surface area (Å²) in [5, 5.41) is 11.3. The van der Waals surface area contributed by atoms with Gasteiger partial charge in [0, 0.05) is 12.1 Å². The van der Waals surface area contributed by atoms with Crippen molar-refractivity contribution in [3.05, 3.63) is 67.9 Å². The van der Waals surface area contributed by atoms with Crippen LogP contribution in [0.1, 0.15) is 22.7 Å². The van der Waals surface area contributed by atoms with Crippen LogP contribution in [0.3, 0.4) is 0 Å². The maximum absolute atomic E-state index is 13.1. The number of rotatable bonds is 4. The average Bonchev–Trinajstić information content (AvgIpc) is 3.27. The molecule has 2 aromatic carbocycles. The van der Waals surface area contributed by atoms with Crippen molar-refractivity contribution in [3.63, 3.8) is 0 Å². The number of nitrogens with one attached hydrogen (secondary N) is 1. The lowest BCUT2D eigenvalue weighted by molar-refractivity contribution is 0.170. The average molecular weight is 453 g/mol. The quantitative estimate of drug-likeness (QED) is 0.612. The summed E-state index contributed by atoms with van der Waals surface area (Å²) < 4.78 is 23.3. The molecule has 2 aliphatic heterocycles. The number of likely N-dealkylation sites (N-methyl/N-ethyl adjacent to an activating group) is 1. The lowest BCUT2D eigenvalue weighted by Gasteiger charge is -2.36. The predicted molar refractivity (Wildman–Crippen MR) is 118 cm³/mol. The molecule has 2 aliphatic rings. The number of hydrogen-bond acceptors (Lipinski definition) is 8. The summed E-state index contributed by atoms with van der Waals surface area (Å²) in [6.07, 6.45) is 0.681. The molecule has 0 amide bonds. The van der Waals surface area contributed by atoms with Gasteiger partial charge in [-0.05, 0) is 37.2 Å². The summed E-state index contributed by atoms with van der Waals surface area (Å²) in [6.45, 7) is 0.673. The van der Waals surface area contributed by atoms with E-state index in [1.54, 1.807) is 24.3 Å². The molecule has 0 spiro atoms. The number of methoxy groups -OCH3 is 2. The third-order valence-electron chi connectivity index (χ3n) is 6.12. The van der Waals surface area contributed by atoms with Gasteiger partial charge in [-0.15, -0.1) is 0 Å². The van der Waals surface area contributed by atoms with E-state index in [0.29, 0.717) is 47.2 Å². The molecule has 0 fully saturated rings. The van der Waals surface area contributed by atoms with E-state index in [4.69, 9.17) is 18.9 Å². The summed E-state index contributed by atoms with van der Waals surface area (Å²) in [5.41, 5.74) is 0.446. The smallest absolute Gasteiger partial charge is 0.335 e. The molecule has 0 aliphatic carbocycles. The number of benzene rings is 2. The molecule has 10 heteroatoms. The second-order valence-electron chi connectivity index (χ2n) is 7.85. The minimum absolute atomic E-state index is 0.0149. The molecule has 1 aromatic heterocycles. The van der Waals surface area contributed by atoms with Crippen LogP contribution in [0, 0.1) is 0 Å². The molecular formula is C23H23N3O7. The molecule has 0 unspecified atom stereocenters. The van der Waals surface area contributed by atoms with Crippen molar-refractivity contribution >= 4 is 0 Å². The maximum Gasteiger partial charge on any atom is 0.335 e. The first-order valence-corrected chi connectivity index (χ1v) is 10.4. The first kappa shape index (κ1) is 21.0. The van der Waals surface area contributed by atoms with Crippen LogP contribution in [0.5, 0.6) is 28.9 Å². The third kappa shape index (κ3) is 3.13. The fourth-order valence-electron chi connectivity index (χ4n) is 4.62. The minimum Gasteiger partial charge on any atom is -0.495 e. The van der Waals surface area contributed by atoms with E-state index < -0.39 is 23.2 Å². The SMILES string of the molecule is COc1ccccc1-n1c(O)c([C@H]2c3c(cc4c(c3OC)OCO4)CCN2C)c(=O)[nH]c1=O. The molecule has 3 aromatic rings. The van der Waals surface area contributed by atoms with Crippen molar-refractivity contribution in [2.45, 2.75) is 12.5 Å². The first-order chi connectivity index (χ1) is 16.0. The Labute approximate surface area is 188 Å². The van der Waals surface area contributed by atoms with Gasteiger partial charge in [-0.2, -0.15) is 0 Å². The molecule has 3 heterocycles. The molecule has 0 bridgehead atoms. The van der Waals surface area contributed by atoms with Gasteiger partial charge >= 0.3 is 5.69 Å². The third-order valence-corrected chi connectivity index (χ3v) is 6.12. The van der Waals surface area contributed by atoms with Crippen molar-refractivity contribution in [2.24, 2.45) is 0 Å². The zero-order valence-corrected chi connectivity index (χ0v) is 18.4. The Morgan fingerprint density at radius 3 is 2.67 bits per heavy atom. The van der Waals surface area contributed by atoms with Gasteiger partial charge in [-0.3, -0.25) is 14.7 Å². The van der Waals surface area contributed by atoms with Gasteiger partial charge in [-0.1, -0.05) is 12.1 Å². The number of aromatic hydroxyl groups is 1. The highest BCUT2D eigenvalue weighted by atomic mass is 16.7. The van der Waals surface area contributed by atoms with Gasteiger partial charge < -0.3 is 24.1 Å². The van der Waals surface area contributed by atoms with E-state index in [1.807, 2.05) is 18.0 Å². The van der Waals surface area contributed by atoms with Gasteiger partial charge in [0.25, 0.3) is 5.56 Å². The Morgan fingerprint density at radius 2 is 1.91 bits per heavy atom. The van der Waals surface area contributed by atoms with Gasteiger partial charge in [-0.25, -0.2) is 9.36 Å². The highest BCUT2D eigenvalue weighted by Crippen LogP contribution is 2.51. The maximum atomic E-state index is 13.1. The topological polar surface area (TPSA) is 115 Å². The zero-order chi connectivity index (χ0) is 23.3. The van der Waals surface area contributed by atoms with Gasteiger partial charge in [0.15, 0.2) is 11.5 Å². The molecule has 1 atom stereocenters. The fraction of sp³-hybridized carbons (Fsp3) is 0.304. The van der Waals surface area contributed by atoms with Crippen molar-refractivity contribution in [2.75, 3.05) is 34.6 Å². The Balaban J connectivity index is 1.80. The van der Waals surface area contributed by atoms with Crippen molar-refractivity contribution < 1.29 is 24.1 Å². The van der Waals surface area contributed by atoms with Gasteiger partial charge in [0.05, 0.1) is 31.5 Å². The van der Waals surface area contributed by atoms with Crippen LogP contribution in [-0.2, 0) is 6.42 Å². The number of fused-ring (bicyclic) bond motifs is 2. The lowest BCUT2D eigenvalue weighted by atomic mass is 9.87. The summed E-state index contributed by atoms with van der Waals surface area (Å²) in [5.74, 6) is 1.35. The van der Waals surface area contributed by atoms with Crippen LogP contribution in [0.15, 0.2) is 39.9 Å². The second kappa shape index (κ2) is 7.89. The van der Waals surface area contributed by atoms with E-state index in [2.05, 4.69) is 4.98 Å². The summed E-state index contributed by atoms with van der Waals surface area (Å²) in [6, 6.07) is 7.91. The molecule has 33 heavy (non-hydrogen) atoms. The van der Waals surface area contributed by atoms with Crippen LogP contribution < -0.4 is 30.2 Å². The molecule has 10 nitrogen and oxygen atoms in total. The van der Waals surface area contributed by atoms with Crippen LogP contribution in [0.2, 0.25) is 0 Å². The number of aromatic amines is 1. The number of para-hydroxylation sites is 2. The van der Waals surface area contributed by atoms with Crippen LogP contribution >= 0.6 is 0 Å². The predicted octanol–water partition coefficient (Wildman–Crippen LogP) is 1.55. The normalized spacial score (nSPS) is 17.0.